The first-order chi connectivity index (χ1) is 14.1. The molecule has 0 aromatic heterocycles. The van der Waals surface area contributed by atoms with Gasteiger partial charge in [0, 0.05) is 5.69 Å². The van der Waals surface area contributed by atoms with E-state index < -0.39 is 27.9 Å². The summed E-state index contributed by atoms with van der Waals surface area (Å²) in [6.45, 7) is 7.45. The van der Waals surface area contributed by atoms with Gasteiger partial charge in [0.2, 0.25) is 15.9 Å². The topological polar surface area (TPSA) is 92.8 Å². The summed E-state index contributed by atoms with van der Waals surface area (Å²) in [4.78, 5) is 25.0. The number of rotatable bonds is 8. The molecule has 0 aliphatic carbocycles. The highest BCUT2D eigenvalue weighted by Gasteiger charge is 2.32. The Morgan fingerprint density at radius 3 is 2.23 bits per heavy atom. The summed E-state index contributed by atoms with van der Waals surface area (Å²) in [6.07, 6.45) is 1.35. The Hall–Kier alpha value is -2.87. The van der Waals surface area contributed by atoms with Gasteiger partial charge in [0.05, 0.1) is 24.1 Å². The van der Waals surface area contributed by atoms with Gasteiger partial charge in [-0.1, -0.05) is 19.1 Å². The first kappa shape index (κ1) is 23.4. The summed E-state index contributed by atoms with van der Waals surface area (Å²) < 4.78 is 31.4. The maximum atomic E-state index is 13.0. The molecule has 7 nitrogen and oxygen atoms in total. The number of anilines is 2. The molecule has 2 aromatic carbocycles. The molecule has 0 bridgehead atoms. The molecule has 0 saturated carbocycles. The molecule has 0 aliphatic rings. The summed E-state index contributed by atoms with van der Waals surface area (Å²) in [5, 5.41) is 2.73. The van der Waals surface area contributed by atoms with Crippen LogP contribution in [0.5, 0.6) is 0 Å². The van der Waals surface area contributed by atoms with Crippen LogP contribution < -0.4 is 9.62 Å². The highest BCUT2D eigenvalue weighted by atomic mass is 32.2. The molecule has 30 heavy (non-hydrogen) atoms. The minimum absolute atomic E-state index is 0.243. The van der Waals surface area contributed by atoms with Crippen LogP contribution in [0.3, 0.4) is 0 Å². The Balaban J connectivity index is 2.37. The van der Waals surface area contributed by atoms with Gasteiger partial charge in [0.25, 0.3) is 0 Å². The van der Waals surface area contributed by atoms with E-state index in [0.29, 0.717) is 16.9 Å². The Morgan fingerprint density at radius 1 is 1.07 bits per heavy atom. The third-order valence-corrected chi connectivity index (χ3v) is 5.61. The lowest BCUT2D eigenvalue weighted by Gasteiger charge is -2.30. The van der Waals surface area contributed by atoms with Crippen LogP contribution in [0.2, 0.25) is 0 Å². The fraction of sp³-hybridized carbons (Fsp3) is 0.364. The number of esters is 1. The van der Waals surface area contributed by atoms with Crippen molar-refractivity contribution in [3.8, 4) is 0 Å². The predicted octanol–water partition coefficient (Wildman–Crippen LogP) is 3.66. The Bertz CT molecular complexity index is 1010. The number of carbonyl (C=O) groups is 2. The van der Waals surface area contributed by atoms with Crippen LogP contribution in [-0.2, 0) is 19.6 Å². The van der Waals surface area contributed by atoms with Gasteiger partial charge in [0.1, 0.15) is 6.04 Å². The lowest BCUT2D eigenvalue weighted by molar-refractivity contribution is -0.117. The van der Waals surface area contributed by atoms with E-state index in [-0.39, 0.29) is 13.0 Å². The standard InChI is InChI=1S/C22H28N2O5S/c1-6-20(24(30(5,27)28)19-12-15(3)11-16(4)13-19)21(25)23-18-10-8-9-17(14-18)22(26)29-7-2/h8-14,20H,6-7H2,1-5H3,(H,23,25)/t20-/m1/s1. The van der Waals surface area contributed by atoms with Crippen LogP contribution in [0, 0.1) is 13.8 Å². The third kappa shape index (κ3) is 5.82. The SMILES string of the molecule is CCOC(=O)c1cccc(NC(=O)[C@@H](CC)N(c2cc(C)cc(C)c2)S(C)(=O)=O)c1. The van der Waals surface area contributed by atoms with E-state index in [2.05, 4.69) is 5.32 Å². The molecule has 0 saturated heterocycles. The zero-order chi connectivity index (χ0) is 22.5. The van der Waals surface area contributed by atoms with Crippen molar-refractivity contribution in [2.75, 3.05) is 22.5 Å². The molecule has 2 rings (SSSR count). The molecule has 162 valence electrons. The molecule has 0 fully saturated rings. The van der Waals surface area contributed by atoms with Crippen molar-refractivity contribution < 1.29 is 22.7 Å². The Kier molecular flexibility index (Phi) is 7.61. The number of aryl methyl sites for hydroxylation is 2. The van der Waals surface area contributed by atoms with Crippen LogP contribution in [-0.4, -0.2) is 39.2 Å². The molecule has 0 unspecified atom stereocenters. The number of benzene rings is 2. The summed E-state index contributed by atoms with van der Waals surface area (Å²) in [5.74, 6) is -0.975. The number of amides is 1. The highest BCUT2D eigenvalue weighted by molar-refractivity contribution is 7.92. The zero-order valence-electron chi connectivity index (χ0n) is 17.9. The van der Waals surface area contributed by atoms with Gasteiger partial charge >= 0.3 is 5.97 Å². The second kappa shape index (κ2) is 9.75. The second-order valence-corrected chi connectivity index (χ2v) is 8.98. The van der Waals surface area contributed by atoms with Gasteiger partial charge < -0.3 is 10.1 Å². The molecule has 0 spiro atoms. The highest BCUT2D eigenvalue weighted by Crippen LogP contribution is 2.26. The fourth-order valence-electron chi connectivity index (χ4n) is 3.30. The smallest absolute Gasteiger partial charge is 0.338 e. The lowest BCUT2D eigenvalue weighted by Crippen LogP contribution is -2.47. The molecule has 8 heteroatoms. The van der Waals surface area contributed by atoms with Crippen molar-refractivity contribution in [2.45, 2.75) is 40.2 Å². The number of nitrogens with one attached hydrogen (secondary N) is 1. The zero-order valence-corrected chi connectivity index (χ0v) is 18.7. The van der Waals surface area contributed by atoms with Crippen LogP contribution >= 0.6 is 0 Å². The predicted molar refractivity (Wildman–Crippen MR) is 118 cm³/mol. The number of hydrogen-bond donors (Lipinski definition) is 1. The van der Waals surface area contributed by atoms with Gasteiger partial charge in [-0.3, -0.25) is 9.10 Å². The van der Waals surface area contributed by atoms with Crippen molar-refractivity contribution >= 4 is 33.3 Å². The van der Waals surface area contributed by atoms with Crippen LogP contribution in [0.15, 0.2) is 42.5 Å². The third-order valence-electron chi connectivity index (χ3n) is 4.43. The van der Waals surface area contributed by atoms with E-state index in [1.165, 1.54) is 6.07 Å². The average Bonchev–Trinajstić information content (AvgIpc) is 2.64. The molecule has 0 radical (unpaired) electrons. The van der Waals surface area contributed by atoms with Crippen molar-refractivity contribution in [3.63, 3.8) is 0 Å². The van der Waals surface area contributed by atoms with E-state index in [1.54, 1.807) is 44.2 Å². The van der Waals surface area contributed by atoms with E-state index in [4.69, 9.17) is 4.74 Å². The summed E-state index contributed by atoms with van der Waals surface area (Å²) in [6, 6.07) is 10.8. The average molecular weight is 433 g/mol. The minimum Gasteiger partial charge on any atom is -0.462 e. The van der Waals surface area contributed by atoms with E-state index in [1.807, 2.05) is 19.9 Å². The molecular formula is C22H28N2O5S. The van der Waals surface area contributed by atoms with Crippen molar-refractivity contribution in [2.24, 2.45) is 0 Å². The normalized spacial score (nSPS) is 12.2. The van der Waals surface area contributed by atoms with Gasteiger partial charge in [-0.2, -0.15) is 0 Å². The number of hydrogen-bond acceptors (Lipinski definition) is 5. The number of sulfonamides is 1. The Morgan fingerprint density at radius 2 is 1.70 bits per heavy atom. The van der Waals surface area contributed by atoms with Crippen molar-refractivity contribution in [1.29, 1.82) is 0 Å². The number of nitrogens with zero attached hydrogens (tertiary/aromatic N) is 1. The van der Waals surface area contributed by atoms with Crippen LogP contribution in [0.1, 0.15) is 41.8 Å². The van der Waals surface area contributed by atoms with Gasteiger partial charge in [0.15, 0.2) is 0 Å². The van der Waals surface area contributed by atoms with Gasteiger partial charge in [-0.05, 0) is 68.7 Å². The van der Waals surface area contributed by atoms with Crippen molar-refractivity contribution in [3.05, 3.63) is 59.2 Å². The number of carbonyl (C=O) groups excluding carboxylic acids is 2. The monoisotopic (exact) mass is 432 g/mol. The van der Waals surface area contributed by atoms with E-state index in [0.717, 1.165) is 21.7 Å². The molecule has 2 aromatic rings. The summed E-state index contributed by atoms with van der Waals surface area (Å²) in [5.41, 5.74) is 2.93. The summed E-state index contributed by atoms with van der Waals surface area (Å²) in [7, 11) is -3.73. The molecule has 1 atom stereocenters. The quantitative estimate of drug-likeness (QED) is 0.643. The maximum absolute atomic E-state index is 13.0. The fourth-order valence-corrected chi connectivity index (χ4v) is 4.50. The molecule has 1 N–H and O–H groups in total. The van der Waals surface area contributed by atoms with E-state index in [9.17, 15) is 18.0 Å². The van der Waals surface area contributed by atoms with E-state index >= 15 is 0 Å². The van der Waals surface area contributed by atoms with Gasteiger partial charge in [-0.25, -0.2) is 13.2 Å². The Labute approximate surface area is 178 Å². The molecule has 0 heterocycles. The minimum atomic E-state index is -3.73. The van der Waals surface area contributed by atoms with Crippen LogP contribution in [0.25, 0.3) is 0 Å². The first-order valence-corrected chi connectivity index (χ1v) is 11.6. The molecule has 0 aliphatic heterocycles. The summed E-state index contributed by atoms with van der Waals surface area (Å²) >= 11 is 0. The largest absolute Gasteiger partial charge is 0.462 e. The number of ether oxygens (including phenoxy) is 1. The first-order valence-electron chi connectivity index (χ1n) is 9.72. The second-order valence-electron chi connectivity index (χ2n) is 7.12. The molecular weight excluding hydrogens is 404 g/mol. The van der Waals surface area contributed by atoms with Crippen LogP contribution in [0.4, 0.5) is 11.4 Å². The van der Waals surface area contributed by atoms with Crippen molar-refractivity contribution in [1.82, 2.24) is 0 Å². The lowest BCUT2D eigenvalue weighted by atomic mass is 10.1. The maximum Gasteiger partial charge on any atom is 0.338 e. The molecule has 1 amide bonds. The van der Waals surface area contributed by atoms with Gasteiger partial charge in [-0.15, -0.1) is 0 Å².